The lowest BCUT2D eigenvalue weighted by atomic mass is 10.1. The van der Waals surface area contributed by atoms with E-state index in [1.807, 2.05) is 7.05 Å². The number of piperidine rings is 1. The average molecular weight is 296 g/mol. The molecule has 3 rings (SSSR count). The Balaban J connectivity index is 2.01. The van der Waals surface area contributed by atoms with Crippen molar-refractivity contribution in [3.63, 3.8) is 0 Å². The topological polar surface area (TPSA) is 88.3 Å². The van der Waals surface area contributed by atoms with Crippen LogP contribution in [0.15, 0.2) is 27.7 Å². The fourth-order valence-corrected chi connectivity index (χ4v) is 4.19. The summed E-state index contributed by atoms with van der Waals surface area (Å²) in [6.45, 7) is 1.00. The molecular weight excluding hydrogens is 280 g/mol. The molecular formula is C12H16N4O3S. The summed E-state index contributed by atoms with van der Waals surface area (Å²) in [5.74, 6) is 0. The van der Waals surface area contributed by atoms with E-state index in [1.54, 1.807) is 18.2 Å². The zero-order chi connectivity index (χ0) is 14.2. The maximum absolute atomic E-state index is 12.7. The molecule has 1 aliphatic rings. The summed E-state index contributed by atoms with van der Waals surface area (Å²) in [5.41, 5.74) is 0.743. The van der Waals surface area contributed by atoms with E-state index in [2.05, 4.69) is 20.3 Å². The lowest BCUT2D eigenvalue weighted by Crippen LogP contribution is -2.46. The van der Waals surface area contributed by atoms with Crippen molar-refractivity contribution in [3.05, 3.63) is 18.2 Å². The third kappa shape index (κ3) is 2.19. The van der Waals surface area contributed by atoms with Crippen molar-refractivity contribution in [3.8, 4) is 0 Å². The van der Waals surface area contributed by atoms with Gasteiger partial charge in [-0.1, -0.05) is 6.07 Å². The van der Waals surface area contributed by atoms with Crippen LogP contribution >= 0.6 is 0 Å². The molecule has 1 saturated heterocycles. The number of benzene rings is 1. The Bertz CT molecular complexity index is 712. The van der Waals surface area contributed by atoms with Gasteiger partial charge in [-0.05, 0) is 42.3 Å². The third-order valence-corrected chi connectivity index (χ3v) is 5.56. The Kier molecular flexibility index (Phi) is 3.45. The van der Waals surface area contributed by atoms with Crippen molar-refractivity contribution in [2.45, 2.75) is 23.8 Å². The van der Waals surface area contributed by atoms with Gasteiger partial charge >= 0.3 is 0 Å². The van der Waals surface area contributed by atoms with Crippen LogP contribution in [0.3, 0.4) is 0 Å². The summed E-state index contributed by atoms with van der Waals surface area (Å²) in [6, 6.07) is 5.06. The molecule has 1 aromatic carbocycles. The predicted molar refractivity (Wildman–Crippen MR) is 72.6 cm³/mol. The normalized spacial score (nSPS) is 21.4. The van der Waals surface area contributed by atoms with Crippen molar-refractivity contribution in [2.75, 3.05) is 20.1 Å². The number of hydrogen-bond acceptors (Lipinski definition) is 6. The van der Waals surface area contributed by atoms with Crippen molar-refractivity contribution in [1.29, 1.82) is 0 Å². The summed E-state index contributed by atoms with van der Waals surface area (Å²) >= 11 is 0. The highest BCUT2D eigenvalue weighted by Crippen LogP contribution is 2.25. The van der Waals surface area contributed by atoms with Gasteiger partial charge in [0.1, 0.15) is 10.4 Å². The molecule has 0 amide bonds. The Morgan fingerprint density at radius 1 is 1.40 bits per heavy atom. The van der Waals surface area contributed by atoms with E-state index in [1.165, 1.54) is 4.31 Å². The fraction of sp³-hybridized carbons (Fsp3) is 0.500. The van der Waals surface area contributed by atoms with Crippen molar-refractivity contribution in [1.82, 2.24) is 19.9 Å². The quantitative estimate of drug-likeness (QED) is 0.892. The maximum atomic E-state index is 12.7. The van der Waals surface area contributed by atoms with E-state index >= 15 is 0 Å². The predicted octanol–water partition coefficient (Wildman–Crippen LogP) is 0.595. The van der Waals surface area contributed by atoms with E-state index in [-0.39, 0.29) is 10.9 Å². The van der Waals surface area contributed by atoms with Gasteiger partial charge in [-0.2, -0.15) is 4.31 Å². The van der Waals surface area contributed by atoms with Gasteiger partial charge in [-0.3, -0.25) is 0 Å². The Labute approximate surface area is 117 Å². The number of nitrogens with one attached hydrogen (secondary N) is 1. The van der Waals surface area contributed by atoms with E-state index in [0.29, 0.717) is 24.1 Å². The summed E-state index contributed by atoms with van der Waals surface area (Å²) < 4.78 is 31.6. The van der Waals surface area contributed by atoms with Gasteiger partial charge in [0.25, 0.3) is 0 Å². The molecule has 1 aromatic heterocycles. The second kappa shape index (κ2) is 5.12. The van der Waals surface area contributed by atoms with Gasteiger partial charge < -0.3 is 5.32 Å². The zero-order valence-corrected chi connectivity index (χ0v) is 11.9. The molecule has 1 aliphatic heterocycles. The van der Waals surface area contributed by atoms with E-state index in [9.17, 15) is 8.42 Å². The minimum atomic E-state index is -3.57. The minimum absolute atomic E-state index is 0.160. The summed E-state index contributed by atoms with van der Waals surface area (Å²) in [6.07, 6.45) is 1.83. The van der Waals surface area contributed by atoms with Crippen LogP contribution in [0.5, 0.6) is 0 Å². The Morgan fingerprint density at radius 2 is 2.25 bits per heavy atom. The summed E-state index contributed by atoms with van der Waals surface area (Å²) in [4.78, 5) is 0.160. The van der Waals surface area contributed by atoms with Crippen LogP contribution in [0.1, 0.15) is 12.8 Å². The molecule has 0 bridgehead atoms. The van der Waals surface area contributed by atoms with Gasteiger partial charge in [0.15, 0.2) is 5.52 Å². The number of hydrogen-bond donors (Lipinski definition) is 1. The van der Waals surface area contributed by atoms with Crippen LogP contribution in [0, 0.1) is 0 Å². The van der Waals surface area contributed by atoms with Gasteiger partial charge in [-0.25, -0.2) is 13.0 Å². The Hall–Kier alpha value is -1.51. The van der Waals surface area contributed by atoms with Crippen LogP contribution in [0.4, 0.5) is 0 Å². The third-order valence-electron chi connectivity index (χ3n) is 3.66. The first kappa shape index (κ1) is 13.5. The zero-order valence-electron chi connectivity index (χ0n) is 11.1. The number of sulfonamides is 1. The van der Waals surface area contributed by atoms with Crippen LogP contribution < -0.4 is 5.32 Å². The van der Waals surface area contributed by atoms with Crippen LogP contribution in [0.25, 0.3) is 11.0 Å². The highest BCUT2D eigenvalue weighted by Gasteiger charge is 2.31. The molecule has 1 N–H and O–H groups in total. The number of likely N-dealkylation sites (N-methyl/N-ethyl adjacent to an activating group) is 1. The lowest BCUT2D eigenvalue weighted by molar-refractivity contribution is 0.292. The molecule has 7 nitrogen and oxygen atoms in total. The van der Waals surface area contributed by atoms with E-state index in [4.69, 9.17) is 0 Å². The van der Waals surface area contributed by atoms with Gasteiger partial charge in [0, 0.05) is 19.1 Å². The smallest absolute Gasteiger partial charge is 0.245 e. The summed E-state index contributed by atoms with van der Waals surface area (Å²) in [7, 11) is -1.72. The molecule has 0 spiro atoms. The number of fused-ring (bicyclic) bond motifs is 1. The Morgan fingerprint density at radius 3 is 3.05 bits per heavy atom. The molecule has 20 heavy (non-hydrogen) atoms. The second-order valence-electron chi connectivity index (χ2n) is 4.88. The van der Waals surface area contributed by atoms with Crippen LogP contribution in [0.2, 0.25) is 0 Å². The largest absolute Gasteiger partial charge is 0.316 e. The first-order valence-electron chi connectivity index (χ1n) is 6.51. The minimum Gasteiger partial charge on any atom is -0.316 e. The van der Waals surface area contributed by atoms with Gasteiger partial charge in [-0.15, -0.1) is 0 Å². The second-order valence-corrected chi connectivity index (χ2v) is 6.79. The molecule has 8 heteroatoms. The van der Waals surface area contributed by atoms with E-state index < -0.39 is 10.0 Å². The highest BCUT2D eigenvalue weighted by molar-refractivity contribution is 7.89. The SMILES string of the molecule is CNC1CCCN(S(=O)(=O)c2cccc3nonc23)C1. The molecule has 108 valence electrons. The number of aromatic nitrogens is 2. The molecule has 2 heterocycles. The first-order chi connectivity index (χ1) is 9.63. The van der Waals surface area contributed by atoms with Crippen molar-refractivity contribution < 1.29 is 13.0 Å². The lowest BCUT2D eigenvalue weighted by Gasteiger charge is -2.31. The van der Waals surface area contributed by atoms with Gasteiger partial charge in [0.2, 0.25) is 10.0 Å². The molecule has 2 aromatic rings. The van der Waals surface area contributed by atoms with Crippen molar-refractivity contribution >= 4 is 21.1 Å². The monoisotopic (exact) mass is 296 g/mol. The van der Waals surface area contributed by atoms with Gasteiger partial charge in [0.05, 0.1) is 0 Å². The number of rotatable bonds is 3. The van der Waals surface area contributed by atoms with E-state index in [0.717, 1.165) is 12.8 Å². The van der Waals surface area contributed by atoms with Crippen molar-refractivity contribution in [2.24, 2.45) is 0 Å². The first-order valence-corrected chi connectivity index (χ1v) is 7.95. The molecule has 1 unspecified atom stereocenters. The maximum Gasteiger partial charge on any atom is 0.245 e. The molecule has 0 aliphatic carbocycles. The van der Waals surface area contributed by atoms with Crippen LogP contribution in [-0.4, -0.2) is 49.2 Å². The molecule has 0 radical (unpaired) electrons. The highest BCUT2D eigenvalue weighted by atomic mass is 32.2. The standard InChI is InChI=1S/C12H16N4O3S/c1-13-9-4-3-7-16(8-9)20(17,18)11-6-2-5-10-12(11)15-19-14-10/h2,5-6,9,13H,3-4,7-8H2,1H3. The van der Waals surface area contributed by atoms with Crippen LogP contribution in [-0.2, 0) is 10.0 Å². The molecule has 1 atom stereocenters. The fourth-order valence-electron chi connectivity index (χ4n) is 2.52. The average Bonchev–Trinajstić information content (AvgIpc) is 2.95. The molecule has 0 saturated carbocycles. The summed E-state index contributed by atoms with van der Waals surface area (Å²) in [5, 5.41) is 10.5. The number of nitrogens with zero attached hydrogens (tertiary/aromatic N) is 3. The molecule has 1 fully saturated rings.